The summed E-state index contributed by atoms with van der Waals surface area (Å²) in [6.45, 7) is 6.50. The molecule has 0 aliphatic carbocycles. The summed E-state index contributed by atoms with van der Waals surface area (Å²) >= 11 is 0. The highest BCUT2D eigenvalue weighted by Gasteiger charge is 2.29. The Morgan fingerprint density at radius 3 is 1.69 bits per heavy atom. The molecule has 1 saturated heterocycles. The first-order chi connectivity index (χ1) is 17.2. The van der Waals surface area contributed by atoms with E-state index in [2.05, 4.69) is 18.7 Å². The van der Waals surface area contributed by atoms with Gasteiger partial charge in [-0.2, -0.15) is 0 Å². The average Bonchev–Trinajstić information content (AvgIpc) is 2.84. The summed E-state index contributed by atoms with van der Waals surface area (Å²) in [5.41, 5.74) is 0.980. The number of nitrogens with zero attached hydrogens (tertiary/aromatic N) is 2. The van der Waals surface area contributed by atoms with Crippen molar-refractivity contribution in [1.29, 1.82) is 0 Å². The number of Topliss-reactive ketones (excluding diaryl/α,β-unsaturated/α-hetero) is 1. The summed E-state index contributed by atoms with van der Waals surface area (Å²) in [6.07, 6.45) is 5.03. The molecule has 36 heavy (non-hydrogen) atoms. The van der Waals surface area contributed by atoms with Gasteiger partial charge in [0.2, 0.25) is 5.91 Å². The fourth-order valence-corrected chi connectivity index (χ4v) is 4.20. The fourth-order valence-electron chi connectivity index (χ4n) is 4.20. The monoisotopic (exact) mass is 502 g/mol. The zero-order valence-corrected chi connectivity index (χ0v) is 20.5. The number of piperidine rings is 1. The van der Waals surface area contributed by atoms with Crippen LogP contribution in [0.2, 0.25) is 0 Å². The average molecular weight is 503 g/mol. The van der Waals surface area contributed by atoms with Crippen molar-refractivity contribution in [2.45, 2.75) is 33.1 Å². The number of rotatable bonds is 9. The molecule has 8 heteroatoms. The van der Waals surface area contributed by atoms with Gasteiger partial charge in [0.15, 0.2) is 29.1 Å². The summed E-state index contributed by atoms with van der Waals surface area (Å²) in [6, 6.07) is 6.56. The topological polar surface area (TPSA) is 40.6 Å². The predicted molar refractivity (Wildman–Crippen MR) is 132 cm³/mol. The van der Waals surface area contributed by atoms with Crippen LogP contribution in [0.4, 0.5) is 17.6 Å². The first-order valence-corrected chi connectivity index (χ1v) is 12.1. The minimum atomic E-state index is -1.05. The van der Waals surface area contributed by atoms with Crippen LogP contribution in [0.25, 0.3) is 12.2 Å². The Balaban J connectivity index is 1.91. The molecule has 0 aromatic heterocycles. The van der Waals surface area contributed by atoms with Crippen LogP contribution in [0.15, 0.2) is 47.5 Å². The lowest BCUT2D eigenvalue weighted by Gasteiger charge is -2.31. The number of benzene rings is 2. The molecule has 2 aromatic rings. The molecule has 0 radical (unpaired) electrons. The molecule has 192 valence electrons. The van der Waals surface area contributed by atoms with E-state index in [1.165, 1.54) is 29.2 Å². The van der Waals surface area contributed by atoms with Gasteiger partial charge in [0.25, 0.3) is 0 Å². The van der Waals surface area contributed by atoms with Crippen LogP contribution in [-0.2, 0) is 9.59 Å². The van der Waals surface area contributed by atoms with Crippen molar-refractivity contribution in [3.05, 3.63) is 81.9 Å². The lowest BCUT2D eigenvalue weighted by Crippen LogP contribution is -2.43. The molecule has 3 rings (SSSR count). The van der Waals surface area contributed by atoms with Crippen molar-refractivity contribution in [2.24, 2.45) is 0 Å². The van der Waals surface area contributed by atoms with Crippen molar-refractivity contribution in [2.75, 3.05) is 32.7 Å². The van der Waals surface area contributed by atoms with Crippen LogP contribution < -0.4 is 0 Å². The van der Waals surface area contributed by atoms with Crippen molar-refractivity contribution < 1.29 is 27.2 Å². The zero-order valence-electron chi connectivity index (χ0n) is 20.5. The quantitative estimate of drug-likeness (QED) is 0.330. The number of carbonyl (C=O) groups is 2. The molecule has 1 aliphatic heterocycles. The Kier molecular flexibility index (Phi) is 9.58. The highest BCUT2D eigenvalue weighted by molar-refractivity contribution is 6.15. The highest BCUT2D eigenvalue weighted by Crippen LogP contribution is 2.24. The largest absolute Gasteiger partial charge is 0.334 e. The number of carbonyl (C=O) groups excluding carboxylic acids is 2. The lowest BCUT2D eigenvalue weighted by atomic mass is 9.94. The van der Waals surface area contributed by atoms with Crippen LogP contribution in [0, 0.1) is 23.3 Å². The van der Waals surface area contributed by atoms with Gasteiger partial charge >= 0.3 is 0 Å². The molecule has 1 heterocycles. The van der Waals surface area contributed by atoms with Crippen LogP contribution >= 0.6 is 0 Å². The molecular weight excluding hydrogens is 472 g/mol. The van der Waals surface area contributed by atoms with Crippen molar-refractivity contribution in [3.8, 4) is 0 Å². The van der Waals surface area contributed by atoms with Gasteiger partial charge < -0.3 is 9.80 Å². The lowest BCUT2D eigenvalue weighted by molar-refractivity contribution is -0.131. The Labute approximate surface area is 208 Å². The smallest absolute Gasteiger partial charge is 0.224 e. The zero-order chi connectivity index (χ0) is 26.2. The van der Waals surface area contributed by atoms with E-state index in [1.54, 1.807) is 0 Å². The number of ketones is 1. The second-order valence-corrected chi connectivity index (χ2v) is 8.86. The summed E-state index contributed by atoms with van der Waals surface area (Å²) < 4.78 is 54.2. The van der Waals surface area contributed by atoms with Gasteiger partial charge in [0, 0.05) is 37.2 Å². The molecule has 2 aromatic carbocycles. The fraction of sp³-hybridized carbons (Fsp3) is 0.357. The summed E-state index contributed by atoms with van der Waals surface area (Å²) in [5.74, 6) is -4.67. The second-order valence-electron chi connectivity index (χ2n) is 8.86. The van der Waals surface area contributed by atoms with E-state index in [4.69, 9.17) is 0 Å². The maximum Gasteiger partial charge on any atom is 0.224 e. The normalized spacial score (nSPS) is 16.4. The van der Waals surface area contributed by atoms with Crippen LogP contribution in [0.1, 0.15) is 44.2 Å². The van der Waals surface area contributed by atoms with E-state index in [1.807, 2.05) is 0 Å². The Morgan fingerprint density at radius 1 is 0.806 bits per heavy atom. The van der Waals surface area contributed by atoms with E-state index >= 15 is 0 Å². The number of halogens is 4. The molecule has 4 nitrogen and oxygen atoms in total. The number of hydrogen-bond acceptors (Lipinski definition) is 3. The molecule has 0 saturated carbocycles. The molecule has 1 fully saturated rings. The highest BCUT2D eigenvalue weighted by atomic mass is 19.2. The Morgan fingerprint density at radius 2 is 1.28 bits per heavy atom. The van der Waals surface area contributed by atoms with Gasteiger partial charge in [0.05, 0.1) is 0 Å². The maximum atomic E-state index is 13.7. The molecule has 0 atom stereocenters. The van der Waals surface area contributed by atoms with Crippen LogP contribution in [-0.4, -0.2) is 54.2 Å². The van der Waals surface area contributed by atoms with Gasteiger partial charge in [0.1, 0.15) is 0 Å². The molecule has 0 unspecified atom stereocenters. The first kappa shape index (κ1) is 27.3. The Hall–Kier alpha value is -3.26. The van der Waals surface area contributed by atoms with Crippen molar-refractivity contribution in [1.82, 2.24) is 9.80 Å². The standard InChI is InChI=1S/C28H30F4N2O2/c1-3-10-33(11-4-2)12-9-27(35)34-17-21(13-19-5-7-23(29)25(31)15-19)28(36)22(18-34)14-20-6-8-24(30)26(32)16-20/h5-8,13-16H,3-4,9-12,17-18H2,1-2H3/b21-13+,22-14+. The predicted octanol–water partition coefficient (Wildman–Crippen LogP) is 5.63. The second kappa shape index (κ2) is 12.6. The molecule has 0 N–H and O–H groups in total. The third kappa shape index (κ3) is 7.13. The number of likely N-dealkylation sites (tertiary alicyclic amines) is 1. The van der Waals surface area contributed by atoms with Crippen molar-refractivity contribution in [3.63, 3.8) is 0 Å². The number of amides is 1. The van der Waals surface area contributed by atoms with Gasteiger partial charge in [-0.1, -0.05) is 26.0 Å². The summed E-state index contributed by atoms with van der Waals surface area (Å²) in [4.78, 5) is 30.1. The van der Waals surface area contributed by atoms with Gasteiger partial charge in [-0.25, -0.2) is 17.6 Å². The Bertz CT molecular complexity index is 1100. The van der Waals surface area contributed by atoms with Crippen molar-refractivity contribution >= 4 is 23.8 Å². The van der Waals surface area contributed by atoms with Crippen LogP contribution in [0.3, 0.4) is 0 Å². The SMILES string of the molecule is CCCN(CCC)CCC(=O)N1C/C(=C\c2ccc(F)c(F)c2)C(=O)/C(=C/c2ccc(F)c(F)c2)C1. The van der Waals surface area contributed by atoms with E-state index in [0.717, 1.165) is 50.2 Å². The molecule has 1 aliphatic rings. The number of hydrogen-bond donors (Lipinski definition) is 0. The molecule has 0 spiro atoms. The molecule has 1 amide bonds. The maximum absolute atomic E-state index is 13.7. The van der Waals surface area contributed by atoms with E-state index < -0.39 is 29.1 Å². The minimum absolute atomic E-state index is 0.00728. The van der Waals surface area contributed by atoms with Gasteiger partial charge in [-0.15, -0.1) is 0 Å². The third-order valence-corrected chi connectivity index (χ3v) is 5.95. The van der Waals surface area contributed by atoms with Gasteiger partial charge in [-0.05, 0) is 73.5 Å². The summed E-state index contributed by atoms with van der Waals surface area (Å²) in [7, 11) is 0. The van der Waals surface area contributed by atoms with Gasteiger partial charge in [-0.3, -0.25) is 9.59 Å². The van der Waals surface area contributed by atoms with E-state index in [-0.39, 0.29) is 47.7 Å². The first-order valence-electron chi connectivity index (χ1n) is 12.1. The molecule has 0 bridgehead atoms. The van der Waals surface area contributed by atoms with E-state index in [0.29, 0.717) is 6.54 Å². The van der Waals surface area contributed by atoms with E-state index in [9.17, 15) is 27.2 Å². The summed E-state index contributed by atoms with van der Waals surface area (Å²) in [5, 5.41) is 0. The van der Waals surface area contributed by atoms with Crippen LogP contribution in [0.5, 0.6) is 0 Å². The molecular formula is C28H30F4N2O2. The third-order valence-electron chi connectivity index (χ3n) is 5.95. The minimum Gasteiger partial charge on any atom is -0.334 e.